The molecule has 0 saturated heterocycles. The number of allylic oxidation sites excluding steroid dienone is 3. The van der Waals surface area contributed by atoms with Gasteiger partial charge in [0.25, 0.3) is 20.2 Å². The Kier molecular flexibility index (Phi) is 17.0. The van der Waals surface area contributed by atoms with Gasteiger partial charge in [-0.1, -0.05) is 32.9 Å². The molecule has 0 radical (unpaired) electrons. The molecular weight excluding hydrogens is 805 g/mol. The van der Waals surface area contributed by atoms with Crippen molar-refractivity contribution >= 4 is 38.0 Å². The maximum Gasteiger partial charge on any atom is 0.303 e. The maximum absolute atomic E-state index is 12.3. The summed E-state index contributed by atoms with van der Waals surface area (Å²) in [4.78, 5) is 13.1. The first-order valence-corrected chi connectivity index (χ1v) is 22.6. The first kappa shape index (κ1) is 47.7. The summed E-state index contributed by atoms with van der Waals surface area (Å²) in [7, 11) is -5.61. The summed E-state index contributed by atoms with van der Waals surface area (Å²) in [5.41, 5.74) is 2.16. The van der Waals surface area contributed by atoms with E-state index in [0.29, 0.717) is 81.9 Å². The lowest BCUT2D eigenvalue weighted by molar-refractivity contribution is -0.137. The van der Waals surface area contributed by atoms with Crippen molar-refractivity contribution in [3.05, 3.63) is 82.6 Å². The number of ether oxygens (including phenoxy) is 4. The fourth-order valence-corrected chi connectivity index (χ4v) is 8.05. The van der Waals surface area contributed by atoms with Gasteiger partial charge in [0.05, 0.1) is 43.1 Å². The molecule has 0 aromatic heterocycles. The molecule has 4 rings (SSSR count). The van der Waals surface area contributed by atoms with E-state index >= 15 is 0 Å². The number of carboxylic acid groups (broad SMARTS) is 1. The van der Waals surface area contributed by atoms with Crippen LogP contribution in [0.2, 0.25) is 0 Å². The van der Waals surface area contributed by atoms with Crippen molar-refractivity contribution in [3.63, 3.8) is 0 Å². The van der Waals surface area contributed by atoms with Gasteiger partial charge in [0.1, 0.15) is 24.7 Å². The van der Waals surface area contributed by atoms with Crippen LogP contribution in [0.5, 0.6) is 0 Å². The normalized spacial score (nSPS) is 16.7. The van der Waals surface area contributed by atoms with Gasteiger partial charge < -0.3 is 33.4 Å². The quantitative estimate of drug-likeness (QED) is 0.0635. The smallest absolute Gasteiger partial charge is 0.303 e. The average Bonchev–Trinajstić information content (AvgIpc) is 3.37. The molecule has 2 aliphatic heterocycles. The Hall–Kier alpha value is -3.94. The van der Waals surface area contributed by atoms with E-state index < -0.39 is 37.4 Å². The molecule has 59 heavy (non-hydrogen) atoms. The zero-order valence-corrected chi connectivity index (χ0v) is 36.4. The van der Waals surface area contributed by atoms with E-state index in [0.717, 1.165) is 22.2 Å². The zero-order valence-electron chi connectivity index (χ0n) is 34.8. The number of hydrogen-bond acceptors (Lipinski definition) is 11. The van der Waals surface area contributed by atoms with E-state index in [9.17, 15) is 35.8 Å². The third kappa shape index (κ3) is 13.5. The summed E-state index contributed by atoms with van der Waals surface area (Å²) < 4.78 is 97.9. The fraction of sp³-hybridized carbons (Fsp3) is 0.524. The summed E-state index contributed by atoms with van der Waals surface area (Å²) >= 11 is 0. The summed E-state index contributed by atoms with van der Waals surface area (Å²) in [6, 6.07) is 12.2. The highest BCUT2D eigenvalue weighted by molar-refractivity contribution is 7.86. The Morgan fingerprint density at radius 2 is 1.56 bits per heavy atom. The molecule has 1 aromatic carbocycles. The predicted molar refractivity (Wildman–Crippen MR) is 225 cm³/mol. The summed E-state index contributed by atoms with van der Waals surface area (Å²) in [6.07, 6.45) is 6.10. The third-order valence-electron chi connectivity index (χ3n) is 10.2. The van der Waals surface area contributed by atoms with Crippen molar-refractivity contribution in [1.29, 1.82) is 0 Å². The third-order valence-corrected chi connectivity index (χ3v) is 11.8. The number of anilines is 1. The summed E-state index contributed by atoms with van der Waals surface area (Å²) in [5, 5.41) is 10.4. The van der Waals surface area contributed by atoms with Crippen LogP contribution in [0.1, 0.15) is 70.3 Å². The Balaban J connectivity index is 1.85. The van der Waals surface area contributed by atoms with E-state index in [1.807, 2.05) is 54.3 Å². The maximum atomic E-state index is 12.3. The molecule has 2 heterocycles. The number of carboxylic acids is 1. The van der Waals surface area contributed by atoms with Crippen molar-refractivity contribution in [2.75, 3.05) is 84.1 Å². The molecule has 1 aromatic rings. The first-order valence-electron chi connectivity index (χ1n) is 19.5. The van der Waals surface area contributed by atoms with Crippen LogP contribution in [0.3, 0.4) is 0 Å². The molecule has 326 valence electrons. The number of nitrogens with zero attached hydrogens (tertiary/aromatic N) is 2. The molecule has 0 bridgehead atoms. The zero-order chi connectivity index (χ0) is 43.4. The summed E-state index contributed by atoms with van der Waals surface area (Å²) in [6.45, 7) is 12.3. The lowest BCUT2D eigenvalue weighted by atomic mass is 9.77. The van der Waals surface area contributed by atoms with Crippen LogP contribution in [0.25, 0.3) is 17.4 Å². The van der Waals surface area contributed by atoms with Gasteiger partial charge in [0.2, 0.25) is 5.36 Å². The fourth-order valence-electron chi connectivity index (χ4n) is 7.05. The largest absolute Gasteiger partial charge is 0.481 e. The molecule has 15 nitrogen and oxygen atoms in total. The molecule has 1 aliphatic carbocycles. The Morgan fingerprint density at radius 3 is 2.14 bits per heavy atom. The highest BCUT2D eigenvalue weighted by Crippen LogP contribution is 2.51. The van der Waals surface area contributed by atoms with Crippen molar-refractivity contribution in [1.82, 2.24) is 4.58 Å². The number of hydrogen-bond donors (Lipinski definition) is 3. The van der Waals surface area contributed by atoms with E-state index in [1.54, 1.807) is 20.3 Å². The predicted octanol–water partition coefficient (Wildman–Crippen LogP) is 5.23. The van der Waals surface area contributed by atoms with Crippen LogP contribution in [0.4, 0.5) is 5.69 Å². The first-order chi connectivity index (χ1) is 27.8. The van der Waals surface area contributed by atoms with Crippen molar-refractivity contribution < 1.29 is 59.2 Å². The number of methoxy groups -OCH3 is 2. The van der Waals surface area contributed by atoms with Crippen LogP contribution in [-0.2, 0) is 54.8 Å². The molecule has 0 saturated carbocycles. The minimum Gasteiger partial charge on any atom is -0.481 e. The van der Waals surface area contributed by atoms with Gasteiger partial charge in [-0.05, 0) is 73.7 Å². The lowest BCUT2D eigenvalue weighted by Gasteiger charge is -2.30. The van der Waals surface area contributed by atoms with Crippen LogP contribution in [0, 0.1) is 0 Å². The molecule has 0 fully saturated rings. The van der Waals surface area contributed by atoms with E-state index in [-0.39, 0.29) is 36.1 Å². The lowest BCUT2D eigenvalue weighted by Crippen LogP contribution is -2.36. The van der Waals surface area contributed by atoms with Crippen LogP contribution in [-0.4, -0.2) is 116 Å². The second-order valence-corrected chi connectivity index (χ2v) is 18.6. The van der Waals surface area contributed by atoms with Crippen LogP contribution in [0.15, 0.2) is 69.6 Å². The monoisotopic (exact) mass is 863 g/mol. The minimum absolute atomic E-state index is 0.0439. The Labute approximate surface area is 347 Å². The van der Waals surface area contributed by atoms with Gasteiger partial charge in [0, 0.05) is 61.0 Å². The average molecular weight is 864 g/mol. The number of aliphatic carboxylic acids is 1. The van der Waals surface area contributed by atoms with Crippen LogP contribution >= 0.6 is 0 Å². The number of rotatable bonds is 23. The Morgan fingerprint density at radius 1 is 0.898 bits per heavy atom. The van der Waals surface area contributed by atoms with Gasteiger partial charge in [-0.2, -0.15) is 16.8 Å². The van der Waals surface area contributed by atoms with E-state index in [4.69, 9.17) is 23.4 Å². The second-order valence-electron chi connectivity index (χ2n) is 15.6. The molecule has 3 aliphatic rings. The van der Waals surface area contributed by atoms with Crippen molar-refractivity contribution in [2.45, 2.75) is 69.1 Å². The van der Waals surface area contributed by atoms with E-state index in [1.165, 1.54) is 12.1 Å². The molecule has 1 atom stereocenters. The van der Waals surface area contributed by atoms with E-state index in [2.05, 4.69) is 25.3 Å². The molecule has 3 N–H and O–H groups in total. The van der Waals surface area contributed by atoms with Gasteiger partial charge in [-0.3, -0.25) is 13.9 Å². The SMILES string of the molecule is COCCOCC[N+](CCOCCOC)=c1ccc2c(C=CC=C3N(CCCS(=O)(=O)O)c4ccc(S(=O)(=O)O)cc4C3(C)CCCC(=O)O)cc(C(C)(C)C)oc-2c1. The minimum atomic E-state index is -4.59. The van der Waals surface area contributed by atoms with Gasteiger partial charge in [-0.15, -0.1) is 0 Å². The van der Waals surface area contributed by atoms with Crippen LogP contribution < -0.4 is 14.8 Å². The molecular formula is C42H59N2O13S2+. The molecule has 0 amide bonds. The molecule has 1 unspecified atom stereocenters. The number of benzene rings is 2. The Bertz CT molecular complexity index is 2210. The number of carbonyl (C=O) groups is 1. The van der Waals surface area contributed by atoms with Crippen molar-refractivity contribution in [2.24, 2.45) is 0 Å². The van der Waals surface area contributed by atoms with Gasteiger partial charge in [0.15, 0.2) is 13.1 Å². The number of fused-ring (bicyclic) bond motifs is 2. The molecule has 0 spiro atoms. The second kappa shape index (κ2) is 21.0. The van der Waals surface area contributed by atoms with Crippen molar-refractivity contribution in [3.8, 4) is 11.3 Å². The highest BCUT2D eigenvalue weighted by Gasteiger charge is 2.43. The van der Waals surface area contributed by atoms with Gasteiger partial charge in [-0.25, -0.2) is 4.58 Å². The summed E-state index contributed by atoms with van der Waals surface area (Å²) in [5.74, 6) is -0.0915. The topological polar surface area (TPSA) is 202 Å². The standard InChI is InChI=1S/C42H58N2O13S2/c1-41(2,3)39-28-31(34-15-13-32(29-37(34)57-39)43(19-21-55-25-23-53-5)20-22-56-26-24-54-6)10-7-11-38-42(4,17-8-12-40(45)46)35-30-33(59(50,51)52)14-16-36(35)44(38)18-9-27-58(47,48)49/h7,10-11,13-16,28-30H,8-9,12,17-27H2,1-6H3,(H2-,45,46,47,48,49,50,51,52)/p+1. The highest BCUT2D eigenvalue weighted by atomic mass is 32.2. The van der Waals surface area contributed by atoms with Gasteiger partial charge >= 0.3 is 5.97 Å². The molecule has 17 heteroatoms.